The van der Waals surface area contributed by atoms with E-state index in [1.54, 1.807) is 11.8 Å². The smallest absolute Gasteiger partial charge is 0.410 e. The summed E-state index contributed by atoms with van der Waals surface area (Å²) in [5.41, 5.74) is -0.502. The van der Waals surface area contributed by atoms with Crippen LogP contribution in [0.2, 0.25) is 0 Å². The second-order valence-corrected chi connectivity index (χ2v) is 5.89. The minimum absolute atomic E-state index is 0.0254. The highest BCUT2D eigenvalue weighted by atomic mass is 32.2. The number of carbonyl (C=O) groups excluding carboxylic acids is 2. The number of hydrogen-bond acceptors (Lipinski definition) is 4. The zero-order chi connectivity index (χ0) is 12.3. The summed E-state index contributed by atoms with van der Waals surface area (Å²) in [4.78, 5) is 24.8. The lowest BCUT2D eigenvalue weighted by atomic mass is 10.1. The summed E-state index contributed by atoms with van der Waals surface area (Å²) >= 11 is 1.63. The Labute approximate surface area is 101 Å². The maximum atomic E-state index is 11.7. The van der Waals surface area contributed by atoms with E-state index in [0.717, 1.165) is 5.75 Å². The molecule has 0 N–H and O–H groups in total. The molecule has 0 saturated carbocycles. The highest BCUT2D eigenvalue weighted by Crippen LogP contribution is 2.19. The molecule has 1 unspecified atom stereocenters. The van der Waals surface area contributed by atoms with Crippen LogP contribution < -0.4 is 0 Å². The Morgan fingerprint density at radius 2 is 2.19 bits per heavy atom. The fourth-order valence-electron chi connectivity index (χ4n) is 1.56. The second-order valence-electron chi connectivity index (χ2n) is 4.98. The second kappa shape index (κ2) is 5.08. The highest BCUT2D eigenvalue weighted by Gasteiger charge is 2.35. The largest absolute Gasteiger partial charge is 0.444 e. The van der Waals surface area contributed by atoms with Gasteiger partial charge < -0.3 is 9.64 Å². The van der Waals surface area contributed by atoms with Crippen LogP contribution in [0.3, 0.4) is 0 Å². The van der Waals surface area contributed by atoms with E-state index in [0.29, 0.717) is 6.54 Å². The Kier molecular flexibility index (Phi) is 4.24. The van der Waals surface area contributed by atoms with Crippen LogP contribution in [0.25, 0.3) is 0 Å². The minimum atomic E-state index is -0.502. The molecule has 1 atom stereocenters. The predicted molar refractivity (Wildman–Crippen MR) is 64.7 cm³/mol. The lowest BCUT2D eigenvalue weighted by Crippen LogP contribution is -2.35. The molecular weight excluding hydrogens is 226 g/mol. The van der Waals surface area contributed by atoms with Gasteiger partial charge in [0, 0.05) is 18.2 Å². The Hall–Kier alpha value is -0.710. The van der Waals surface area contributed by atoms with Crippen molar-refractivity contribution in [3.8, 4) is 0 Å². The Morgan fingerprint density at radius 1 is 1.56 bits per heavy atom. The van der Waals surface area contributed by atoms with Crippen molar-refractivity contribution in [2.45, 2.75) is 26.4 Å². The molecule has 1 saturated heterocycles. The van der Waals surface area contributed by atoms with E-state index in [1.165, 1.54) is 4.90 Å². The fraction of sp³-hybridized carbons (Fsp3) is 0.818. The van der Waals surface area contributed by atoms with E-state index < -0.39 is 5.60 Å². The van der Waals surface area contributed by atoms with Gasteiger partial charge in [-0.25, -0.2) is 4.79 Å². The summed E-state index contributed by atoms with van der Waals surface area (Å²) in [6.07, 6.45) is 1.58. The van der Waals surface area contributed by atoms with Gasteiger partial charge in [0.15, 0.2) is 5.78 Å². The van der Waals surface area contributed by atoms with E-state index in [1.807, 2.05) is 27.0 Å². The molecule has 92 valence electrons. The Balaban J connectivity index is 2.52. The van der Waals surface area contributed by atoms with Gasteiger partial charge >= 0.3 is 6.09 Å². The van der Waals surface area contributed by atoms with Gasteiger partial charge in [-0.15, -0.1) is 0 Å². The van der Waals surface area contributed by atoms with Crippen molar-refractivity contribution in [1.82, 2.24) is 4.90 Å². The van der Waals surface area contributed by atoms with Crippen molar-refractivity contribution in [1.29, 1.82) is 0 Å². The van der Waals surface area contributed by atoms with Crippen molar-refractivity contribution < 1.29 is 14.3 Å². The molecule has 1 aliphatic heterocycles. The van der Waals surface area contributed by atoms with Gasteiger partial charge in [-0.3, -0.25) is 4.79 Å². The molecule has 1 rings (SSSR count). The predicted octanol–water partition coefficient (Wildman–Crippen LogP) is 1.79. The summed E-state index contributed by atoms with van der Waals surface area (Å²) in [5.74, 6) is 0.890. The molecule has 1 aliphatic rings. The van der Waals surface area contributed by atoms with Gasteiger partial charge in [0.2, 0.25) is 0 Å². The van der Waals surface area contributed by atoms with Crippen LogP contribution in [-0.2, 0) is 9.53 Å². The summed E-state index contributed by atoms with van der Waals surface area (Å²) in [6.45, 7) is 6.15. The molecule has 0 aromatic carbocycles. The first-order valence-corrected chi connectivity index (χ1v) is 6.72. The minimum Gasteiger partial charge on any atom is -0.444 e. The number of ketones is 1. The molecule has 0 aromatic rings. The van der Waals surface area contributed by atoms with E-state index in [-0.39, 0.29) is 24.3 Å². The van der Waals surface area contributed by atoms with Crippen LogP contribution in [0, 0.1) is 5.92 Å². The topological polar surface area (TPSA) is 46.6 Å². The van der Waals surface area contributed by atoms with E-state index in [9.17, 15) is 9.59 Å². The fourth-order valence-corrected chi connectivity index (χ4v) is 2.26. The average Bonchev–Trinajstić information content (AvgIpc) is 2.46. The number of amides is 1. The number of Topliss-reactive ketones (excluding diaryl/α,β-unsaturated/α-hetero) is 1. The van der Waals surface area contributed by atoms with Crippen LogP contribution in [0.1, 0.15) is 20.8 Å². The Bertz CT molecular complexity index is 285. The zero-order valence-corrected chi connectivity index (χ0v) is 11.1. The van der Waals surface area contributed by atoms with E-state index >= 15 is 0 Å². The molecule has 0 bridgehead atoms. The molecule has 16 heavy (non-hydrogen) atoms. The van der Waals surface area contributed by atoms with Crippen LogP contribution in [0.5, 0.6) is 0 Å². The quantitative estimate of drug-likeness (QED) is 0.744. The molecule has 1 fully saturated rings. The number of hydrogen-bond donors (Lipinski definition) is 0. The monoisotopic (exact) mass is 245 g/mol. The third-order valence-corrected chi connectivity index (χ3v) is 3.00. The first kappa shape index (κ1) is 13.4. The maximum Gasteiger partial charge on any atom is 0.410 e. The molecule has 1 amide bonds. The van der Waals surface area contributed by atoms with Gasteiger partial charge in [0.1, 0.15) is 5.60 Å². The van der Waals surface area contributed by atoms with Crippen LogP contribution in [-0.4, -0.2) is 47.5 Å². The highest BCUT2D eigenvalue weighted by molar-refractivity contribution is 7.98. The molecule has 0 spiro atoms. The third-order valence-electron chi connectivity index (χ3n) is 2.26. The van der Waals surface area contributed by atoms with E-state index in [4.69, 9.17) is 4.74 Å². The normalized spacial score (nSPS) is 21.4. The molecule has 0 radical (unpaired) electrons. The number of ether oxygens (including phenoxy) is 1. The standard InChI is InChI=1S/C11H19NO3S/c1-11(2,3)15-10(14)12-5-8(7-16-4)9(13)6-12/h8H,5-7H2,1-4H3. The zero-order valence-electron chi connectivity index (χ0n) is 10.3. The van der Waals surface area contributed by atoms with Gasteiger partial charge in [0.05, 0.1) is 6.54 Å². The summed E-state index contributed by atoms with van der Waals surface area (Å²) in [6, 6.07) is 0. The number of carbonyl (C=O) groups is 2. The number of rotatable bonds is 2. The molecule has 1 heterocycles. The van der Waals surface area contributed by atoms with Crippen molar-refractivity contribution in [2.24, 2.45) is 5.92 Å². The van der Waals surface area contributed by atoms with Crippen LogP contribution >= 0.6 is 11.8 Å². The van der Waals surface area contributed by atoms with Crippen LogP contribution in [0.4, 0.5) is 4.79 Å². The lowest BCUT2D eigenvalue weighted by Gasteiger charge is -2.23. The number of nitrogens with zero attached hydrogens (tertiary/aromatic N) is 1. The SMILES string of the molecule is CSCC1CN(C(=O)OC(C)(C)C)CC1=O. The lowest BCUT2D eigenvalue weighted by molar-refractivity contribution is -0.119. The third kappa shape index (κ3) is 3.70. The molecule has 4 nitrogen and oxygen atoms in total. The maximum absolute atomic E-state index is 11.7. The van der Waals surface area contributed by atoms with Gasteiger partial charge in [-0.1, -0.05) is 0 Å². The molecule has 0 aromatic heterocycles. The average molecular weight is 245 g/mol. The molecule has 5 heteroatoms. The summed E-state index contributed by atoms with van der Waals surface area (Å²) in [7, 11) is 0. The first-order chi connectivity index (χ1) is 7.33. The van der Waals surface area contributed by atoms with Crippen molar-refractivity contribution in [3.63, 3.8) is 0 Å². The van der Waals surface area contributed by atoms with Gasteiger partial charge in [-0.2, -0.15) is 11.8 Å². The molecule has 0 aliphatic carbocycles. The number of thioether (sulfide) groups is 1. The van der Waals surface area contributed by atoms with Gasteiger partial charge in [-0.05, 0) is 27.0 Å². The summed E-state index contributed by atoms with van der Waals surface area (Å²) < 4.78 is 5.22. The van der Waals surface area contributed by atoms with Crippen molar-refractivity contribution in [2.75, 3.05) is 25.1 Å². The van der Waals surface area contributed by atoms with E-state index in [2.05, 4.69) is 0 Å². The summed E-state index contributed by atoms with van der Waals surface area (Å²) in [5, 5.41) is 0. The Morgan fingerprint density at radius 3 is 2.69 bits per heavy atom. The van der Waals surface area contributed by atoms with Crippen molar-refractivity contribution in [3.05, 3.63) is 0 Å². The number of likely N-dealkylation sites (tertiary alicyclic amines) is 1. The van der Waals surface area contributed by atoms with Crippen molar-refractivity contribution >= 4 is 23.6 Å². The molecular formula is C11H19NO3S. The van der Waals surface area contributed by atoms with Gasteiger partial charge in [0.25, 0.3) is 0 Å². The first-order valence-electron chi connectivity index (χ1n) is 5.33. The van der Waals surface area contributed by atoms with Crippen LogP contribution in [0.15, 0.2) is 0 Å².